The van der Waals surface area contributed by atoms with Gasteiger partial charge in [0.2, 0.25) is 0 Å². The summed E-state index contributed by atoms with van der Waals surface area (Å²) in [6.07, 6.45) is 0. The van der Waals surface area contributed by atoms with Gasteiger partial charge >= 0.3 is 5.97 Å². The summed E-state index contributed by atoms with van der Waals surface area (Å²) in [6.45, 7) is 1.66. The highest BCUT2D eigenvalue weighted by atomic mass is 32.2. The Balaban J connectivity index is 1.99. The highest BCUT2D eigenvalue weighted by Crippen LogP contribution is 2.39. The summed E-state index contributed by atoms with van der Waals surface area (Å²) in [7, 11) is -0.926. The Morgan fingerprint density at radius 3 is 2.67 bits per heavy atom. The summed E-state index contributed by atoms with van der Waals surface area (Å²) in [5.74, 6) is 2.46. The smallest absolute Gasteiger partial charge is 0.343 e. The van der Waals surface area contributed by atoms with Crippen LogP contribution in [0.1, 0.15) is 15.9 Å². The van der Waals surface area contributed by atoms with Crippen LogP contribution in [0, 0.1) is 12.7 Å². The molecule has 1 heterocycles. The molecule has 0 spiro atoms. The van der Waals surface area contributed by atoms with Gasteiger partial charge in [0.15, 0.2) is 11.6 Å². The first kappa shape index (κ1) is 16.2. The van der Waals surface area contributed by atoms with Crippen LogP contribution in [-0.4, -0.2) is 24.3 Å². The Kier molecular flexibility index (Phi) is 4.35. The van der Waals surface area contributed by atoms with Crippen LogP contribution < -0.4 is 13.8 Å². The van der Waals surface area contributed by atoms with Crippen LogP contribution in [0.15, 0.2) is 42.5 Å². The molecule has 1 saturated heterocycles. The number of nitrogens with zero attached hydrogens (tertiary/aromatic N) is 1. The standard InChI is InChI=1S/C17H15FN2O3S/c1-11-8-13(18)16(20-10-15(21)19-24(20)2)14(9-11)23-17(22)12-6-4-3-5-7-12/h3-9H,2,10H2,1H3,(H,19,21). The minimum atomic E-state index is -0.926. The molecular formula is C17H15FN2O3S. The molecule has 7 heteroatoms. The number of hydrogen-bond acceptors (Lipinski definition) is 4. The fourth-order valence-electron chi connectivity index (χ4n) is 2.37. The van der Waals surface area contributed by atoms with Crippen LogP contribution in [0.25, 0.3) is 0 Å². The summed E-state index contributed by atoms with van der Waals surface area (Å²) >= 11 is 0. The number of halogens is 1. The van der Waals surface area contributed by atoms with E-state index in [0.29, 0.717) is 11.1 Å². The molecule has 1 unspecified atom stereocenters. The minimum Gasteiger partial charge on any atom is -0.421 e. The number of benzene rings is 2. The predicted octanol–water partition coefficient (Wildman–Crippen LogP) is 2.82. The van der Waals surface area contributed by atoms with E-state index in [9.17, 15) is 14.0 Å². The number of anilines is 1. The normalized spacial score (nSPS) is 16.8. The van der Waals surface area contributed by atoms with Crippen molar-refractivity contribution in [2.75, 3.05) is 10.8 Å². The summed E-state index contributed by atoms with van der Waals surface area (Å²) in [5.41, 5.74) is 1.02. The number of hydrogen-bond donors (Lipinski definition) is 1. The zero-order chi connectivity index (χ0) is 17.3. The van der Waals surface area contributed by atoms with E-state index < -0.39 is 22.6 Å². The van der Waals surface area contributed by atoms with Crippen LogP contribution >= 0.6 is 10.9 Å². The maximum absolute atomic E-state index is 14.5. The second kappa shape index (κ2) is 6.45. The van der Waals surface area contributed by atoms with E-state index in [1.54, 1.807) is 43.3 Å². The summed E-state index contributed by atoms with van der Waals surface area (Å²) in [5, 5.41) is 0. The monoisotopic (exact) mass is 346 g/mol. The average Bonchev–Trinajstić information content (AvgIpc) is 2.86. The summed E-state index contributed by atoms with van der Waals surface area (Å²) < 4.78 is 24.0. The van der Waals surface area contributed by atoms with Crippen LogP contribution in [0.2, 0.25) is 0 Å². The van der Waals surface area contributed by atoms with Crippen molar-refractivity contribution >= 4 is 34.3 Å². The maximum Gasteiger partial charge on any atom is 0.343 e. The molecule has 24 heavy (non-hydrogen) atoms. The van der Waals surface area contributed by atoms with E-state index in [0.717, 1.165) is 0 Å². The lowest BCUT2D eigenvalue weighted by Crippen LogP contribution is -2.19. The maximum atomic E-state index is 14.5. The van der Waals surface area contributed by atoms with Crippen molar-refractivity contribution in [3.63, 3.8) is 0 Å². The second-order valence-electron chi connectivity index (χ2n) is 5.28. The van der Waals surface area contributed by atoms with Gasteiger partial charge in [-0.15, -0.1) is 0 Å². The molecule has 2 aromatic rings. The highest BCUT2D eigenvalue weighted by Gasteiger charge is 2.29. The van der Waals surface area contributed by atoms with Crippen molar-refractivity contribution in [2.45, 2.75) is 6.92 Å². The third-order valence-corrected chi connectivity index (χ3v) is 4.73. The molecule has 2 aromatic carbocycles. The van der Waals surface area contributed by atoms with Crippen molar-refractivity contribution in [1.82, 2.24) is 4.72 Å². The van der Waals surface area contributed by atoms with E-state index in [2.05, 4.69) is 10.6 Å². The van der Waals surface area contributed by atoms with E-state index in [4.69, 9.17) is 4.74 Å². The van der Waals surface area contributed by atoms with Gasteiger partial charge in [0, 0.05) is 0 Å². The number of ether oxygens (including phenoxy) is 1. The fraction of sp³-hybridized carbons (Fsp3) is 0.118. The van der Waals surface area contributed by atoms with Crippen molar-refractivity contribution < 1.29 is 18.7 Å². The van der Waals surface area contributed by atoms with E-state index >= 15 is 0 Å². The quantitative estimate of drug-likeness (QED) is 0.527. The van der Waals surface area contributed by atoms with Gasteiger partial charge < -0.3 is 4.74 Å². The Morgan fingerprint density at radius 2 is 2.04 bits per heavy atom. The van der Waals surface area contributed by atoms with Gasteiger partial charge in [-0.1, -0.05) is 18.2 Å². The Morgan fingerprint density at radius 1 is 1.33 bits per heavy atom. The number of amides is 1. The SMILES string of the molecule is C=S1NC(=O)CN1c1c(F)cc(C)cc1OC(=O)c1ccccc1. The van der Waals surface area contributed by atoms with Gasteiger partial charge in [-0.25, -0.2) is 9.18 Å². The second-order valence-corrected chi connectivity index (χ2v) is 6.65. The average molecular weight is 346 g/mol. The largest absolute Gasteiger partial charge is 0.421 e. The molecule has 1 fully saturated rings. The number of aryl methyl sites for hydroxylation is 1. The van der Waals surface area contributed by atoms with Crippen molar-refractivity contribution in [3.8, 4) is 5.75 Å². The third kappa shape index (κ3) is 3.16. The van der Waals surface area contributed by atoms with Crippen LogP contribution in [0.4, 0.5) is 10.1 Å². The van der Waals surface area contributed by atoms with Gasteiger partial charge in [-0.3, -0.25) is 13.8 Å². The fourth-order valence-corrected chi connectivity index (χ4v) is 3.48. The van der Waals surface area contributed by atoms with Crippen LogP contribution in [0.5, 0.6) is 5.75 Å². The number of carbonyl (C=O) groups excluding carboxylic acids is 2. The molecule has 1 atom stereocenters. The molecule has 1 aliphatic heterocycles. The zero-order valence-corrected chi connectivity index (χ0v) is 13.7. The molecular weight excluding hydrogens is 331 g/mol. The predicted molar refractivity (Wildman–Crippen MR) is 92.7 cm³/mol. The van der Waals surface area contributed by atoms with E-state index in [-0.39, 0.29) is 23.9 Å². The van der Waals surface area contributed by atoms with Crippen molar-refractivity contribution in [1.29, 1.82) is 0 Å². The molecule has 124 valence electrons. The first-order valence-corrected chi connectivity index (χ1v) is 8.49. The first-order valence-electron chi connectivity index (χ1n) is 7.14. The molecule has 5 nitrogen and oxygen atoms in total. The van der Waals surface area contributed by atoms with Gasteiger partial charge in [0.25, 0.3) is 5.91 Å². The number of carbonyl (C=O) groups is 2. The number of rotatable bonds is 3. The van der Waals surface area contributed by atoms with Crippen LogP contribution in [0.3, 0.4) is 0 Å². The van der Waals surface area contributed by atoms with Gasteiger partial charge in [-0.05, 0) is 53.5 Å². The van der Waals surface area contributed by atoms with Gasteiger partial charge in [-0.2, -0.15) is 0 Å². The van der Waals surface area contributed by atoms with Crippen molar-refractivity contribution in [2.24, 2.45) is 0 Å². The first-order chi connectivity index (χ1) is 11.5. The summed E-state index contributed by atoms with van der Waals surface area (Å²) in [6, 6.07) is 11.3. The lowest BCUT2D eigenvalue weighted by molar-refractivity contribution is -0.117. The Bertz CT molecular complexity index is 839. The lowest BCUT2D eigenvalue weighted by atomic mass is 10.2. The molecule has 0 saturated carbocycles. The molecule has 0 aromatic heterocycles. The third-order valence-electron chi connectivity index (χ3n) is 3.42. The zero-order valence-electron chi connectivity index (χ0n) is 12.9. The topological polar surface area (TPSA) is 58.6 Å². The molecule has 0 bridgehead atoms. The number of nitrogens with one attached hydrogen (secondary N) is 1. The molecule has 0 radical (unpaired) electrons. The Labute approximate surface area is 141 Å². The van der Waals surface area contributed by atoms with Gasteiger partial charge in [0.1, 0.15) is 12.2 Å². The van der Waals surface area contributed by atoms with Gasteiger partial charge in [0.05, 0.1) is 5.56 Å². The van der Waals surface area contributed by atoms with E-state index in [1.807, 2.05) is 0 Å². The van der Waals surface area contributed by atoms with E-state index in [1.165, 1.54) is 10.4 Å². The minimum absolute atomic E-state index is 0.0392. The highest BCUT2D eigenvalue weighted by molar-refractivity contribution is 8.14. The number of esters is 1. The van der Waals surface area contributed by atoms with Crippen LogP contribution in [-0.2, 0) is 4.79 Å². The molecule has 1 N–H and O–H groups in total. The Hall–Kier alpha value is -2.67. The molecule has 1 amide bonds. The molecule has 3 rings (SSSR count). The lowest BCUT2D eigenvalue weighted by Gasteiger charge is -2.21. The molecule has 1 aliphatic rings. The van der Waals surface area contributed by atoms with Crippen molar-refractivity contribution in [3.05, 3.63) is 59.4 Å². The summed E-state index contributed by atoms with van der Waals surface area (Å²) in [4.78, 5) is 23.8. The molecule has 0 aliphatic carbocycles.